The second-order valence-electron chi connectivity index (χ2n) is 5.93. The maximum absolute atomic E-state index is 12.3. The molecule has 2 rings (SSSR count). The number of hydrogen-bond donors (Lipinski definition) is 1. The van der Waals surface area contributed by atoms with E-state index in [0.717, 1.165) is 21.7 Å². The number of ether oxygens (including phenoxy) is 1. The van der Waals surface area contributed by atoms with Crippen LogP contribution >= 0.6 is 23.1 Å². The summed E-state index contributed by atoms with van der Waals surface area (Å²) in [5.41, 5.74) is 4.53. The Kier molecular flexibility index (Phi) is 7.16. The van der Waals surface area contributed by atoms with Crippen LogP contribution < -0.4 is 5.32 Å². The number of nitrogens with zero attached hydrogens (tertiary/aromatic N) is 2. The number of hydrogen-bond acceptors (Lipinski definition) is 7. The molecule has 0 aliphatic rings. The SMILES string of the molecule is CCOC(=O)CSC(C)C(=O)Nc1nnc(-c2c(C)cc(C)cc2C)s1. The van der Waals surface area contributed by atoms with Gasteiger partial charge in [0.1, 0.15) is 5.01 Å². The van der Waals surface area contributed by atoms with E-state index >= 15 is 0 Å². The third kappa shape index (κ3) is 5.28. The summed E-state index contributed by atoms with van der Waals surface area (Å²) in [5.74, 6) is -0.383. The molecule has 0 fully saturated rings. The lowest BCUT2D eigenvalue weighted by Crippen LogP contribution is -2.24. The Morgan fingerprint density at radius 3 is 2.50 bits per heavy atom. The molecule has 8 heteroatoms. The van der Waals surface area contributed by atoms with E-state index in [1.807, 2.05) is 13.8 Å². The summed E-state index contributed by atoms with van der Waals surface area (Å²) < 4.78 is 4.86. The lowest BCUT2D eigenvalue weighted by Gasteiger charge is -2.09. The fourth-order valence-corrected chi connectivity index (χ4v) is 4.17. The fraction of sp³-hybridized carbons (Fsp3) is 0.444. The molecule has 1 aromatic carbocycles. The molecule has 1 unspecified atom stereocenters. The lowest BCUT2D eigenvalue weighted by atomic mass is 10.0. The Morgan fingerprint density at radius 1 is 1.23 bits per heavy atom. The van der Waals surface area contributed by atoms with E-state index < -0.39 is 5.25 Å². The predicted octanol–water partition coefficient (Wildman–Crippen LogP) is 3.75. The zero-order valence-corrected chi connectivity index (χ0v) is 17.2. The largest absolute Gasteiger partial charge is 0.465 e. The van der Waals surface area contributed by atoms with Gasteiger partial charge in [-0.3, -0.25) is 14.9 Å². The first-order valence-corrected chi connectivity index (χ1v) is 10.2. The van der Waals surface area contributed by atoms with Gasteiger partial charge in [0, 0.05) is 5.56 Å². The highest BCUT2D eigenvalue weighted by molar-refractivity contribution is 8.01. The molecule has 26 heavy (non-hydrogen) atoms. The summed E-state index contributed by atoms with van der Waals surface area (Å²) >= 11 is 2.57. The molecular formula is C18H23N3O3S2. The van der Waals surface area contributed by atoms with Gasteiger partial charge in [-0.15, -0.1) is 22.0 Å². The first-order valence-electron chi connectivity index (χ1n) is 8.31. The van der Waals surface area contributed by atoms with Gasteiger partial charge in [0.25, 0.3) is 0 Å². The molecule has 1 atom stereocenters. The van der Waals surface area contributed by atoms with Crippen LogP contribution in [0.1, 0.15) is 30.5 Å². The van der Waals surface area contributed by atoms with Crippen molar-refractivity contribution in [2.24, 2.45) is 0 Å². The van der Waals surface area contributed by atoms with Gasteiger partial charge in [-0.25, -0.2) is 0 Å². The molecule has 1 aromatic heterocycles. The van der Waals surface area contributed by atoms with Crippen molar-refractivity contribution < 1.29 is 14.3 Å². The van der Waals surface area contributed by atoms with Gasteiger partial charge in [0.2, 0.25) is 11.0 Å². The van der Waals surface area contributed by atoms with Gasteiger partial charge in [-0.2, -0.15) is 0 Å². The summed E-state index contributed by atoms with van der Waals surface area (Å²) in [6.45, 7) is 9.99. The molecule has 1 heterocycles. The third-order valence-electron chi connectivity index (χ3n) is 3.67. The second kappa shape index (κ2) is 9.14. The molecule has 0 aliphatic carbocycles. The molecule has 0 radical (unpaired) electrons. The van der Waals surface area contributed by atoms with Crippen molar-refractivity contribution in [1.82, 2.24) is 10.2 Å². The number of anilines is 1. The smallest absolute Gasteiger partial charge is 0.315 e. The number of nitrogens with one attached hydrogen (secondary N) is 1. The van der Waals surface area contributed by atoms with Gasteiger partial charge in [-0.1, -0.05) is 29.0 Å². The topological polar surface area (TPSA) is 81.2 Å². The van der Waals surface area contributed by atoms with Crippen molar-refractivity contribution in [3.05, 3.63) is 28.8 Å². The Morgan fingerprint density at radius 2 is 1.88 bits per heavy atom. The van der Waals surface area contributed by atoms with Crippen molar-refractivity contribution in [2.75, 3.05) is 17.7 Å². The summed E-state index contributed by atoms with van der Waals surface area (Å²) in [7, 11) is 0. The third-order valence-corrected chi connectivity index (χ3v) is 5.64. The van der Waals surface area contributed by atoms with Crippen molar-refractivity contribution in [1.29, 1.82) is 0 Å². The predicted molar refractivity (Wildman–Crippen MR) is 107 cm³/mol. The number of amides is 1. The Hall–Kier alpha value is -1.93. The fourth-order valence-electron chi connectivity index (χ4n) is 2.57. The van der Waals surface area contributed by atoms with Crippen LogP contribution in [0.15, 0.2) is 12.1 Å². The highest BCUT2D eigenvalue weighted by Crippen LogP contribution is 2.32. The molecule has 0 spiro atoms. The number of aryl methyl sites for hydroxylation is 3. The summed E-state index contributed by atoms with van der Waals surface area (Å²) in [6, 6.07) is 4.21. The summed E-state index contributed by atoms with van der Waals surface area (Å²) in [5, 5.41) is 11.9. The van der Waals surface area contributed by atoms with Crippen molar-refractivity contribution >= 4 is 40.1 Å². The van der Waals surface area contributed by atoms with Crippen LogP contribution in [0.5, 0.6) is 0 Å². The van der Waals surface area contributed by atoms with E-state index in [4.69, 9.17) is 4.74 Å². The Bertz CT molecular complexity index is 782. The average molecular weight is 394 g/mol. The monoisotopic (exact) mass is 393 g/mol. The minimum atomic E-state index is -0.394. The number of rotatable bonds is 7. The molecule has 0 bridgehead atoms. The van der Waals surface area contributed by atoms with E-state index in [-0.39, 0.29) is 17.6 Å². The van der Waals surface area contributed by atoms with Gasteiger partial charge in [-0.05, 0) is 45.7 Å². The quantitative estimate of drug-likeness (QED) is 0.722. The van der Waals surface area contributed by atoms with Crippen molar-refractivity contribution in [3.8, 4) is 10.6 Å². The second-order valence-corrected chi connectivity index (χ2v) is 8.24. The summed E-state index contributed by atoms with van der Waals surface area (Å²) in [4.78, 5) is 23.6. The van der Waals surface area contributed by atoms with Crippen LogP contribution in [0.25, 0.3) is 10.6 Å². The molecule has 0 saturated heterocycles. The number of benzene rings is 1. The Balaban J connectivity index is 2.02. The first kappa shape index (κ1) is 20.4. The number of aromatic nitrogens is 2. The Labute approximate surface area is 161 Å². The van der Waals surface area contributed by atoms with Crippen LogP contribution in [-0.2, 0) is 14.3 Å². The van der Waals surface area contributed by atoms with Gasteiger partial charge >= 0.3 is 5.97 Å². The van der Waals surface area contributed by atoms with Crippen LogP contribution in [0, 0.1) is 20.8 Å². The molecular weight excluding hydrogens is 370 g/mol. The zero-order valence-electron chi connectivity index (χ0n) is 15.6. The first-order chi connectivity index (χ1) is 12.3. The van der Waals surface area contributed by atoms with Gasteiger partial charge in [0.15, 0.2) is 0 Å². The molecule has 1 amide bonds. The van der Waals surface area contributed by atoms with Gasteiger partial charge < -0.3 is 4.74 Å². The highest BCUT2D eigenvalue weighted by atomic mass is 32.2. The number of carbonyl (C=O) groups excluding carboxylic acids is 2. The molecule has 140 valence electrons. The highest BCUT2D eigenvalue weighted by Gasteiger charge is 2.19. The van der Waals surface area contributed by atoms with Crippen LogP contribution in [0.2, 0.25) is 0 Å². The molecule has 0 saturated carbocycles. The van der Waals surface area contributed by atoms with Gasteiger partial charge in [0.05, 0.1) is 17.6 Å². The van der Waals surface area contributed by atoms with Crippen molar-refractivity contribution in [2.45, 2.75) is 39.9 Å². The molecule has 2 aromatic rings. The molecule has 6 nitrogen and oxygen atoms in total. The summed E-state index contributed by atoms with van der Waals surface area (Å²) in [6.07, 6.45) is 0. The number of thioether (sulfide) groups is 1. The minimum absolute atomic E-state index is 0.144. The van der Waals surface area contributed by atoms with Crippen LogP contribution in [-0.4, -0.2) is 39.7 Å². The molecule has 1 N–H and O–H groups in total. The van der Waals surface area contributed by atoms with E-state index in [1.54, 1.807) is 13.8 Å². The maximum Gasteiger partial charge on any atom is 0.315 e. The maximum atomic E-state index is 12.3. The minimum Gasteiger partial charge on any atom is -0.465 e. The van der Waals surface area contributed by atoms with E-state index in [0.29, 0.717) is 11.7 Å². The van der Waals surface area contributed by atoms with E-state index in [1.165, 1.54) is 28.7 Å². The van der Waals surface area contributed by atoms with Crippen molar-refractivity contribution in [3.63, 3.8) is 0 Å². The zero-order chi connectivity index (χ0) is 19.3. The van der Waals surface area contributed by atoms with E-state index in [9.17, 15) is 9.59 Å². The van der Waals surface area contributed by atoms with Crippen LogP contribution in [0.3, 0.4) is 0 Å². The average Bonchev–Trinajstić information content (AvgIpc) is 2.99. The lowest BCUT2D eigenvalue weighted by molar-refractivity contribution is -0.139. The standard InChI is InChI=1S/C18H23N3O3S2/c1-6-24-14(22)9-25-13(5)16(23)19-18-21-20-17(26-18)15-11(3)7-10(2)8-12(15)4/h7-8,13H,6,9H2,1-5H3,(H,19,21,23). The van der Waals surface area contributed by atoms with Crippen LogP contribution in [0.4, 0.5) is 5.13 Å². The normalized spacial score (nSPS) is 11.9. The number of carbonyl (C=O) groups is 2. The molecule has 0 aliphatic heterocycles. The van der Waals surface area contributed by atoms with E-state index in [2.05, 4.69) is 34.6 Å². The number of esters is 1.